The first-order chi connectivity index (χ1) is 8.33. The fraction of sp³-hybridized carbons (Fsp3) is 0.538. The van der Waals surface area contributed by atoms with Crippen LogP contribution in [0.15, 0.2) is 18.2 Å². The van der Waals surface area contributed by atoms with Gasteiger partial charge in [-0.25, -0.2) is 0 Å². The van der Waals surface area contributed by atoms with Crippen LogP contribution in [0, 0.1) is 0 Å². The average molecular weight is 237 g/mol. The zero-order valence-electron chi connectivity index (χ0n) is 10.1. The van der Waals surface area contributed by atoms with Gasteiger partial charge in [-0.15, -0.1) is 0 Å². The van der Waals surface area contributed by atoms with E-state index in [0.29, 0.717) is 6.61 Å². The minimum atomic E-state index is -0.00972. The lowest BCUT2D eigenvalue weighted by Gasteiger charge is -2.15. The first kappa shape index (κ1) is 12.4. The van der Waals surface area contributed by atoms with E-state index < -0.39 is 0 Å². The first-order valence-electron chi connectivity index (χ1n) is 5.91. The third-order valence-electron chi connectivity index (χ3n) is 2.94. The second-order valence-electron chi connectivity index (χ2n) is 4.26. The second kappa shape index (κ2) is 6.00. The van der Waals surface area contributed by atoms with Crippen LogP contribution in [-0.2, 0) is 17.7 Å². The van der Waals surface area contributed by atoms with Crippen molar-refractivity contribution in [2.75, 3.05) is 26.9 Å². The molecule has 0 aromatic heterocycles. The topological polar surface area (TPSA) is 50.7 Å². The van der Waals surface area contributed by atoms with Gasteiger partial charge >= 0.3 is 0 Å². The van der Waals surface area contributed by atoms with Gasteiger partial charge in [0, 0.05) is 20.1 Å². The minimum absolute atomic E-state index is 0.00972. The summed E-state index contributed by atoms with van der Waals surface area (Å²) in [7, 11) is 1.64. The Morgan fingerprint density at radius 1 is 1.53 bits per heavy atom. The number of hydrogen-bond acceptors (Lipinski definition) is 4. The highest BCUT2D eigenvalue weighted by atomic mass is 16.5. The molecule has 1 aliphatic rings. The van der Waals surface area contributed by atoms with Crippen molar-refractivity contribution in [3.63, 3.8) is 0 Å². The summed E-state index contributed by atoms with van der Waals surface area (Å²) in [5.74, 6) is 1.00. The molecule has 0 radical (unpaired) electrons. The van der Waals surface area contributed by atoms with Gasteiger partial charge in [0.25, 0.3) is 0 Å². The van der Waals surface area contributed by atoms with Gasteiger partial charge in [0.05, 0.1) is 25.9 Å². The Morgan fingerprint density at radius 2 is 2.41 bits per heavy atom. The lowest BCUT2D eigenvalue weighted by atomic mass is 10.1. The molecule has 0 bridgehead atoms. The number of ether oxygens (including phenoxy) is 2. The van der Waals surface area contributed by atoms with Crippen molar-refractivity contribution in [3.8, 4) is 5.75 Å². The van der Waals surface area contributed by atoms with E-state index in [1.54, 1.807) is 7.11 Å². The van der Waals surface area contributed by atoms with E-state index in [4.69, 9.17) is 14.6 Å². The Hall–Kier alpha value is -1.10. The van der Waals surface area contributed by atoms with Gasteiger partial charge in [-0.1, -0.05) is 12.1 Å². The minimum Gasteiger partial charge on any atom is -0.493 e. The fourth-order valence-electron chi connectivity index (χ4n) is 1.99. The van der Waals surface area contributed by atoms with Crippen LogP contribution in [0.1, 0.15) is 11.1 Å². The summed E-state index contributed by atoms with van der Waals surface area (Å²) in [6, 6.07) is 6.22. The summed E-state index contributed by atoms with van der Waals surface area (Å²) in [6.45, 7) is 2.13. The molecule has 17 heavy (non-hydrogen) atoms. The monoisotopic (exact) mass is 237 g/mol. The molecule has 0 spiro atoms. The van der Waals surface area contributed by atoms with Crippen molar-refractivity contribution >= 4 is 0 Å². The normalized spacial score (nSPS) is 15.4. The van der Waals surface area contributed by atoms with Gasteiger partial charge in [0.2, 0.25) is 0 Å². The van der Waals surface area contributed by atoms with Crippen LogP contribution in [0.2, 0.25) is 0 Å². The summed E-state index contributed by atoms with van der Waals surface area (Å²) in [5.41, 5.74) is 2.49. The standard InChI is InChI=1S/C13H19NO3/c1-16-9-12(8-15)14-7-10-2-3-13-11(6-10)4-5-17-13/h2-3,6,12,14-15H,4-5,7-9H2,1H3. The quantitative estimate of drug-likeness (QED) is 0.765. The molecule has 0 amide bonds. The molecule has 1 aromatic rings. The molecule has 0 fully saturated rings. The number of aliphatic hydroxyl groups excluding tert-OH is 1. The highest BCUT2D eigenvalue weighted by Gasteiger charge is 2.12. The van der Waals surface area contributed by atoms with Crippen molar-refractivity contribution in [2.45, 2.75) is 19.0 Å². The highest BCUT2D eigenvalue weighted by Crippen LogP contribution is 2.25. The van der Waals surface area contributed by atoms with Crippen LogP contribution in [0.3, 0.4) is 0 Å². The molecule has 94 valence electrons. The Kier molecular flexibility index (Phi) is 4.36. The summed E-state index contributed by atoms with van der Waals surface area (Å²) in [4.78, 5) is 0. The predicted molar refractivity (Wildman–Crippen MR) is 65.2 cm³/mol. The summed E-state index contributed by atoms with van der Waals surface area (Å²) >= 11 is 0. The second-order valence-corrected chi connectivity index (χ2v) is 4.26. The van der Waals surface area contributed by atoms with Gasteiger partial charge in [-0.2, -0.15) is 0 Å². The predicted octanol–water partition coefficient (Wildman–Crippen LogP) is 0.718. The fourth-order valence-corrected chi connectivity index (χ4v) is 1.99. The van der Waals surface area contributed by atoms with Crippen molar-refractivity contribution in [1.82, 2.24) is 5.32 Å². The highest BCUT2D eigenvalue weighted by molar-refractivity contribution is 5.39. The van der Waals surface area contributed by atoms with Crippen molar-refractivity contribution < 1.29 is 14.6 Å². The Balaban J connectivity index is 1.90. The van der Waals surface area contributed by atoms with Gasteiger partial charge < -0.3 is 19.9 Å². The van der Waals surface area contributed by atoms with Gasteiger partial charge in [0.15, 0.2) is 0 Å². The molecule has 1 aliphatic heterocycles. The third kappa shape index (κ3) is 3.19. The molecule has 0 saturated carbocycles. The first-order valence-corrected chi connectivity index (χ1v) is 5.91. The van der Waals surface area contributed by atoms with Crippen LogP contribution in [0.4, 0.5) is 0 Å². The smallest absolute Gasteiger partial charge is 0.122 e. The van der Waals surface area contributed by atoms with E-state index >= 15 is 0 Å². The SMILES string of the molecule is COCC(CO)NCc1ccc2c(c1)CCO2. The molecule has 2 N–H and O–H groups in total. The Morgan fingerprint density at radius 3 is 3.18 bits per heavy atom. The molecule has 1 atom stereocenters. The van der Waals surface area contributed by atoms with Crippen LogP contribution >= 0.6 is 0 Å². The largest absolute Gasteiger partial charge is 0.493 e. The van der Waals surface area contributed by atoms with Gasteiger partial charge in [-0.05, 0) is 17.2 Å². The van der Waals surface area contributed by atoms with Crippen LogP contribution < -0.4 is 10.1 Å². The summed E-state index contributed by atoms with van der Waals surface area (Å²) in [6.07, 6.45) is 0.991. The van der Waals surface area contributed by atoms with Crippen molar-refractivity contribution in [2.24, 2.45) is 0 Å². The van der Waals surface area contributed by atoms with E-state index in [2.05, 4.69) is 17.4 Å². The zero-order valence-corrected chi connectivity index (χ0v) is 10.1. The molecular weight excluding hydrogens is 218 g/mol. The van der Waals surface area contributed by atoms with Crippen LogP contribution in [-0.4, -0.2) is 38.1 Å². The van der Waals surface area contributed by atoms with E-state index in [9.17, 15) is 0 Å². The van der Waals surface area contributed by atoms with Crippen LogP contribution in [0.25, 0.3) is 0 Å². The van der Waals surface area contributed by atoms with E-state index in [0.717, 1.165) is 25.3 Å². The molecule has 2 rings (SSSR count). The lowest BCUT2D eigenvalue weighted by molar-refractivity contribution is 0.128. The van der Waals surface area contributed by atoms with Gasteiger partial charge in [0.1, 0.15) is 5.75 Å². The van der Waals surface area contributed by atoms with E-state index in [-0.39, 0.29) is 12.6 Å². The Bertz CT molecular complexity index is 368. The maximum Gasteiger partial charge on any atom is 0.122 e. The molecule has 1 aromatic carbocycles. The molecule has 4 nitrogen and oxygen atoms in total. The van der Waals surface area contributed by atoms with E-state index in [1.807, 2.05) is 6.07 Å². The van der Waals surface area contributed by atoms with Crippen molar-refractivity contribution in [1.29, 1.82) is 0 Å². The molecule has 1 unspecified atom stereocenters. The maximum absolute atomic E-state index is 9.13. The number of hydrogen-bond donors (Lipinski definition) is 2. The lowest BCUT2D eigenvalue weighted by Crippen LogP contribution is -2.35. The maximum atomic E-state index is 9.13. The van der Waals surface area contributed by atoms with Crippen molar-refractivity contribution in [3.05, 3.63) is 29.3 Å². The number of benzene rings is 1. The average Bonchev–Trinajstić information content (AvgIpc) is 2.81. The van der Waals surface area contributed by atoms with Crippen LogP contribution in [0.5, 0.6) is 5.75 Å². The number of nitrogens with one attached hydrogen (secondary N) is 1. The molecule has 1 heterocycles. The number of methoxy groups -OCH3 is 1. The number of fused-ring (bicyclic) bond motifs is 1. The molecule has 0 saturated heterocycles. The third-order valence-corrected chi connectivity index (χ3v) is 2.94. The summed E-state index contributed by atoms with van der Waals surface area (Å²) in [5, 5.41) is 12.4. The Labute approximate surface area is 102 Å². The number of rotatable bonds is 6. The van der Waals surface area contributed by atoms with Gasteiger partial charge in [-0.3, -0.25) is 0 Å². The molecule has 0 aliphatic carbocycles. The molecule has 4 heteroatoms. The molecular formula is C13H19NO3. The van der Waals surface area contributed by atoms with E-state index in [1.165, 1.54) is 11.1 Å². The summed E-state index contributed by atoms with van der Waals surface area (Å²) < 4.78 is 10.5. The number of aliphatic hydroxyl groups is 1. The zero-order chi connectivity index (χ0) is 12.1.